The molecule has 134 valence electrons. The number of hydrogen-bond acceptors (Lipinski definition) is 4. The Kier molecular flexibility index (Phi) is 3.49. The van der Waals surface area contributed by atoms with Crippen molar-refractivity contribution in [2.24, 2.45) is 0 Å². The molecule has 5 rings (SSSR count). The van der Waals surface area contributed by atoms with E-state index in [0.29, 0.717) is 39.2 Å². The summed E-state index contributed by atoms with van der Waals surface area (Å²) in [6.45, 7) is 0.177. The molecule has 0 N–H and O–H groups in total. The third-order valence-electron chi connectivity index (χ3n) is 4.79. The fourth-order valence-corrected chi connectivity index (χ4v) is 3.44. The van der Waals surface area contributed by atoms with Gasteiger partial charge in [0.2, 0.25) is 0 Å². The lowest BCUT2D eigenvalue weighted by atomic mass is 10.1. The normalized spacial score (nSPS) is 11.9. The molecule has 0 atom stereocenters. The average Bonchev–Trinajstić information content (AvgIpc) is 3.29. The van der Waals surface area contributed by atoms with E-state index in [9.17, 15) is 9.18 Å². The van der Waals surface area contributed by atoms with Gasteiger partial charge in [0.05, 0.1) is 22.8 Å². The van der Waals surface area contributed by atoms with Gasteiger partial charge < -0.3 is 4.74 Å². The fourth-order valence-electron chi connectivity index (χ4n) is 3.44. The predicted octanol–water partition coefficient (Wildman–Crippen LogP) is 4.29. The van der Waals surface area contributed by atoms with Crippen LogP contribution >= 0.6 is 0 Å². The van der Waals surface area contributed by atoms with E-state index in [2.05, 4.69) is 11.1 Å². The van der Waals surface area contributed by atoms with Crippen LogP contribution < -0.4 is 4.74 Å². The molecular formula is C22H12FN3O2. The standard InChI is InChI=1S/C22H12FN3O2/c23-15-7-8-17-16(10-15)21(28-12-14-5-3-13(11-24)4-6-14)19-20(25-17)18-2-1-9-26(18)22(19)27/h1-10H,12H2. The molecule has 3 heterocycles. The number of aromatic nitrogens is 2. The largest absolute Gasteiger partial charge is 0.487 e. The third-order valence-corrected chi connectivity index (χ3v) is 4.79. The first-order chi connectivity index (χ1) is 13.7. The van der Waals surface area contributed by atoms with Crippen molar-refractivity contribution in [2.75, 3.05) is 0 Å². The quantitative estimate of drug-likeness (QED) is 0.476. The van der Waals surface area contributed by atoms with Crippen LogP contribution in [0.1, 0.15) is 21.5 Å². The lowest BCUT2D eigenvalue weighted by molar-refractivity contribution is 0.0965. The number of carbonyl (C=O) groups is 1. The monoisotopic (exact) mass is 369 g/mol. The molecule has 1 aliphatic rings. The lowest BCUT2D eigenvalue weighted by Gasteiger charge is -2.13. The van der Waals surface area contributed by atoms with E-state index in [1.165, 1.54) is 16.7 Å². The molecule has 0 saturated carbocycles. The van der Waals surface area contributed by atoms with Crippen LogP contribution in [-0.4, -0.2) is 15.5 Å². The van der Waals surface area contributed by atoms with Gasteiger partial charge in [-0.25, -0.2) is 9.37 Å². The molecule has 0 fully saturated rings. The van der Waals surface area contributed by atoms with Crippen molar-refractivity contribution >= 4 is 16.8 Å². The molecule has 28 heavy (non-hydrogen) atoms. The van der Waals surface area contributed by atoms with Crippen molar-refractivity contribution in [3.63, 3.8) is 0 Å². The van der Waals surface area contributed by atoms with E-state index in [0.717, 1.165) is 5.56 Å². The number of ether oxygens (including phenoxy) is 1. The minimum atomic E-state index is -0.428. The van der Waals surface area contributed by atoms with E-state index < -0.39 is 5.82 Å². The van der Waals surface area contributed by atoms with Gasteiger partial charge in [-0.1, -0.05) is 12.1 Å². The summed E-state index contributed by atoms with van der Waals surface area (Å²) in [7, 11) is 0. The summed E-state index contributed by atoms with van der Waals surface area (Å²) in [4.78, 5) is 17.5. The Bertz CT molecular complexity index is 1300. The van der Waals surface area contributed by atoms with Crippen LogP contribution in [0.25, 0.3) is 22.3 Å². The zero-order valence-electron chi connectivity index (χ0n) is 14.5. The van der Waals surface area contributed by atoms with Gasteiger partial charge in [-0.05, 0) is 48.0 Å². The Morgan fingerprint density at radius 3 is 2.75 bits per heavy atom. The molecular weight excluding hydrogens is 357 g/mol. The van der Waals surface area contributed by atoms with Gasteiger partial charge in [0.1, 0.15) is 29.4 Å². The smallest absolute Gasteiger partial charge is 0.268 e. The number of halogens is 1. The van der Waals surface area contributed by atoms with Gasteiger partial charge in [0.25, 0.3) is 5.91 Å². The van der Waals surface area contributed by atoms with Crippen molar-refractivity contribution < 1.29 is 13.9 Å². The van der Waals surface area contributed by atoms with Gasteiger partial charge in [-0.15, -0.1) is 0 Å². The van der Waals surface area contributed by atoms with Gasteiger partial charge in [-0.2, -0.15) is 5.26 Å². The Hall–Kier alpha value is -3.98. The number of nitriles is 1. The first kappa shape index (κ1) is 16.2. The summed E-state index contributed by atoms with van der Waals surface area (Å²) in [6.07, 6.45) is 1.68. The van der Waals surface area contributed by atoms with Gasteiger partial charge in [-0.3, -0.25) is 9.36 Å². The van der Waals surface area contributed by atoms with Crippen LogP contribution in [0, 0.1) is 17.1 Å². The maximum Gasteiger partial charge on any atom is 0.268 e. The minimum absolute atomic E-state index is 0.177. The third kappa shape index (κ3) is 2.37. The van der Waals surface area contributed by atoms with E-state index in [1.807, 2.05) is 6.07 Å². The summed E-state index contributed by atoms with van der Waals surface area (Å²) < 4.78 is 21.5. The highest BCUT2D eigenvalue weighted by Gasteiger charge is 2.32. The summed E-state index contributed by atoms with van der Waals surface area (Å²) >= 11 is 0. The Labute approximate surface area is 159 Å². The van der Waals surface area contributed by atoms with Gasteiger partial charge in [0, 0.05) is 11.6 Å². The number of pyridine rings is 1. The maximum absolute atomic E-state index is 13.9. The summed E-state index contributed by atoms with van der Waals surface area (Å²) in [5, 5.41) is 9.37. The molecule has 1 aliphatic heterocycles. The van der Waals surface area contributed by atoms with E-state index in [-0.39, 0.29) is 12.5 Å². The van der Waals surface area contributed by atoms with Crippen LogP contribution in [-0.2, 0) is 6.61 Å². The SMILES string of the molecule is N#Cc1ccc(COc2c3c(nc4ccc(F)cc24)-c2cccn2C3=O)cc1. The highest BCUT2D eigenvalue weighted by molar-refractivity contribution is 6.13. The first-order valence-electron chi connectivity index (χ1n) is 8.63. The number of carbonyl (C=O) groups excluding carboxylic acids is 1. The van der Waals surface area contributed by atoms with Crippen LogP contribution in [0.3, 0.4) is 0 Å². The highest BCUT2D eigenvalue weighted by Crippen LogP contribution is 2.41. The topological polar surface area (TPSA) is 67.9 Å². The molecule has 6 heteroatoms. The second-order valence-electron chi connectivity index (χ2n) is 6.49. The molecule has 0 aliphatic carbocycles. The van der Waals surface area contributed by atoms with Crippen LogP contribution in [0.4, 0.5) is 4.39 Å². The minimum Gasteiger partial charge on any atom is -0.487 e. The van der Waals surface area contributed by atoms with Crippen molar-refractivity contribution in [1.82, 2.24) is 9.55 Å². The molecule has 0 unspecified atom stereocenters. The van der Waals surface area contributed by atoms with Crippen molar-refractivity contribution in [3.8, 4) is 23.2 Å². The second-order valence-corrected chi connectivity index (χ2v) is 6.49. The summed E-state index contributed by atoms with van der Waals surface area (Å²) in [6, 6.07) is 16.9. The van der Waals surface area contributed by atoms with E-state index in [1.54, 1.807) is 42.6 Å². The number of benzene rings is 2. The van der Waals surface area contributed by atoms with E-state index >= 15 is 0 Å². The zero-order valence-corrected chi connectivity index (χ0v) is 14.5. The molecule has 0 saturated heterocycles. The maximum atomic E-state index is 13.9. The Morgan fingerprint density at radius 1 is 1.14 bits per heavy atom. The number of fused-ring (bicyclic) bond motifs is 4. The molecule has 0 amide bonds. The van der Waals surface area contributed by atoms with Gasteiger partial charge >= 0.3 is 0 Å². The fraction of sp³-hybridized carbons (Fsp3) is 0.0455. The van der Waals surface area contributed by atoms with Crippen LogP contribution in [0.2, 0.25) is 0 Å². The van der Waals surface area contributed by atoms with Crippen molar-refractivity contribution in [1.29, 1.82) is 5.26 Å². The highest BCUT2D eigenvalue weighted by atomic mass is 19.1. The lowest BCUT2D eigenvalue weighted by Crippen LogP contribution is -2.08. The average molecular weight is 369 g/mol. The second kappa shape index (κ2) is 6.03. The van der Waals surface area contributed by atoms with Crippen molar-refractivity contribution in [3.05, 3.63) is 83.3 Å². The molecule has 4 aromatic rings. The molecule has 5 nitrogen and oxygen atoms in total. The summed E-state index contributed by atoms with van der Waals surface area (Å²) in [5.41, 5.74) is 3.49. The molecule has 0 radical (unpaired) electrons. The predicted molar refractivity (Wildman–Crippen MR) is 100 cm³/mol. The number of nitrogens with zero attached hydrogens (tertiary/aromatic N) is 3. The van der Waals surface area contributed by atoms with Crippen molar-refractivity contribution in [2.45, 2.75) is 6.61 Å². The molecule has 2 aromatic carbocycles. The number of hydrogen-bond donors (Lipinski definition) is 0. The molecule has 2 aromatic heterocycles. The first-order valence-corrected chi connectivity index (χ1v) is 8.63. The molecule has 0 spiro atoms. The van der Waals surface area contributed by atoms with Crippen LogP contribution in [0.5, 0.6) is 5.75 Å². The Balaban J connectivity index is 1.65. The van der Waals surface area contributed by atoms with Crippen LogP contribution in [0.15, 0.2) is 60.8 Å². The summed E-state index contributed by atoms with van der Waals surface area (Å²) in [5.74, 6) is -0.358. The van der Waals surface area contributed by atoms with Gasteiger partial charge in [0.15, 0.2) is 0 Å². The molecule has 0 bridgehead atoms. The Morgan fingerprint density at radius 2 is 1.96 bits per heavy atom. The zero-order chi connectivity index (χ0) is 19.3. The number of rotatable bonds is 3. The van der Waals surface area contributed by atoms with E-state index in [4.69, 9.17) is 10.00 Å².